The highest BCUT2D eigenvalue weighted by Gasteiger charge is 2.28. The van der Waals surface area contributed by atoms with Crippen LogP contribution in [0.5, 0.6) is 0 Å². The third-order valence-corrected chi connectivity index (χ3v) is 3.49. The van der Waals surface area contributed by atoms with Crippen LogP contribution in [-0.2, 0) is 11.2 Å². The molecule has 1 amide bonds. The number of nitrogens with zero attached hydrogens (tertiary/aromatic N) is 1. The highest BCUT2D eigenvalue weighted by molar-refractivity contribution is 9.10. The van der Waals surface area contributed by atoms with Crippen LogP contribution in [-0.4, -0.2) is 30.2 Å². The Bertz CT molecular complexity index is 422. The van der Waals surface area contributed by atoms with E-state index in [4.69, 9.17) is 10.8 Å². The van der Waals surface area contributed by atoms with Crippen LogP contribution in [0.4, 0.5) is 5.69 Å². The number of amides is 1. The molecule has 1 atom stereocenters. The van der Waals surface area contributed by atoms with Crippen molar-refractivity contribution in [3.8, 4) is 0 Å². The number of aliphatic hydroxyl groups is 1. The third kappa shape index (κ3) is 1.86. The van der Waals surface area contributed by atoms with Crippen molar-refractivity contribution < 1.29 is 9.90 Å². The normalized spacial score (nSPS) is 16.1. The molecule has 1 heterocycles. The van der Waals surface area contributed by atoms with Crippen LogP contribution in [0.25, 0.3) is 0 Å². The van der Waals surface area contributed by atoms with Crippen LogP contribution in [0.3, 0.4) is 0 Å². The van der Waals surface area contributed by atoms with E-state index in [-0.39, 0.29) is 12.5 Å². The van der Waals surface area contributed by atoms with Gasteiger partial charge in [0.05, 0.1) is 6.61 Å². The Morgan fingerprint density at radius 2 is 2.38 bits per heavy atom. The van der Waals surface area contributed by atoms with Gasteiger partial charge in [-0.25, -0.2) is 0 Å². The van der Waals surface area contributed by atoms with Gasteiger partial charge in [0, 0.05) is 16.7 Å². The van der Waals surface area contributed by atoms with E-state index in [1.165, 1.54) is 0 Å². The standard InChI is InChI=1S/C11H13BrN2O2/c12-8-2-1-3-10-7(8)4-5-14(10)11(16)9(13)6-15/h1-3,9,15H,4-6,13H2/t9-/m1/s1. The van der Waals surface area contributed by atoms with Crippen molar-refractivity contribution in [1.82, 2.24) is 0 Å². The van der Waals surface area contributed by atoms with Gasteiger partial charge in [0.1, 0.15) is 6.04 Å². The van der Waals surface area contributed by atoms with Crippen molar-refractivity contribution in [3.63, 3.8) is 0 Å². The molecule has 2 rings (SSSR count). The number of fused-ring (bicyclic) bond motifs is 1. The first-order valence-electron chi connectivity index (χ1n) is 5.10. The lowest BCUT2D eigenvalue weighted by Gasteiger charge is -2.20. The molecule has 0 spiro atoms. The van der Waals surface area contributed by atoms with Gasteiger partial charge in [-0.15, -0.1) is 0 Å². The van der Waals surface area contributed by atoms with Gasteiger partial charge in [0.2, 0.25) is 5.91 Å². The van der Waals surface area contributed by atoms with Crippen molar-refractivity contribution in [3.05, 3.63) is 28.2 Å². The molecule has 3 N–H and O–H groups in total. The lowest BCUT2D eigenvalue weighted by molar-refractivity contribution is -0.120. The zero-order valence-electron chi connectivity index (χ0n) is 8.69. The van der Waals surface area contributed by atoms with E-state index in [0.29, 0.717) is 6.54 Å². The van der Waals surface area contributed by atoms with E-state index in [9.17, 15) is 4.79 Å². The van der Waals surface area contributed by atoms with Gasteiger partial charge in [-0.3, -0.25) is 4.79 Å². The number of rotatable bonds is 2. The fraction of sp³-hybridized carbons (Fsp3) is 0.364. The van der Waals surface area contributed by atoms with Crippen molar-refractivity contribution in [2.24, 2.45) is 5.73 Å². The average Bonchev–Trinajstić information content (AvgIpc) is 2.72. The third-order valence-electron chi connectivity index (χ3n) is 2.75. The van der Waals surface area contributed by atoms with E-state index >= 15 is 0 Å². The zero-order chi connectivity index (χ0) is 11.7. The molecule has 0 unspecified atom stereocenters. The van der Waals surface area contributed by atoms with Crippen molar-refractivity contribution in [2.45, 2.75) is 12.5 Å². The summed E-state index contributed by atoms with van der Waals surface area (Å²) in [5.74, 6) is -0.223. The number of aliphatic hydroxyl groups excluding tert-OH is 1. The molecule has 0 bridgehead atoms. The van der Waals surface area contributed by atoms with Gasteiger partial charge in [-0.2, -0.15) is 0 Å². The van der Waals surface area contributed by atoms with Crippen LogP contribution in [0.1, 0.15) is 5.56 Å². The summed E-state index contributed by atoms with van der Waals surface area (Å²) in [4.78, 5) is 13.5. The van der Waals surface area contributed by atoms with E-state index in [1.807, 2.05) is 18.2 Å². The fourth-order valence-corrected chi connectivity index (χ4v) is 2.45. The Labute approximate surface area is 102 Å². The molecular formula is C11H13BrN2O2. The first kappa shape index (κ1) is 11.6. The average molecular weight is 285 g/mol. The molecule has 0 saturated carbocycles. The smallest absolute Gasteiger partial charge is 0.246 e. The minimum atomic E-state index is -0.829. The molecule has 16 heavy (non-hydrogen) atoms. The van der Waals surface area contributed by atoms with Gasteiger partial charge in [0.25, 0.3) is 0 Å². The molecule has 4 nitrogen and oxygen atoms in total. The number of hydrogen-bond acceptors (Lipinski definition) is 3. The SMILES string of the molecule is N[C@H](CO)C(=O)N1CCc2c(Br)cccc21. The van der Waals surface area contributed by atoms with Gasteiger partial charge < -0.3 is 15.7 Å². The predicted octanol–water partition coefficient (Wildman–Crippen LogP) is 0.658. The Hall–Kier alpha value is -0.910. The maximum atomic E-state index is 11.9. The molecule has 5 heteroatoms. The summed E-state index contributed by atoms with van der Waals surface area (Å²) in [5.41, 5.74) is 7.56. The van der Waals surface area contributed by atoms with Crippen molar-refractivity contribution >= 4 is 27.5 Å². The van der Waals surface area contributed by atoms with E-state index in [0.717, 1.165) is 22.1 Å². The molecule has 0 saturated heterocycles. The van der Waals surface area contributed by atoms with Crippen LogP contribution in [0.15, 0.2) is 22.7 Å². The second-order valence-electron chi connectivity index (χ2n) is 3.77. The maximum absolute atomic E-state index is 11.9. The number of nitrogens with two attached hydrogens (primary N) is 1. The quantitative estimate of drug-likeness (QED) is 0.838. The second-order valence-corrected chi connectivity index (χ2v) is 4.62. The Balaban J connectivity index is 2.30. The largest absolute Gasteiger partial charge is 0.394 e. The number of anilines is 1. The minimum absolute atomic E-state index is 0.223. The number of benzene rings is 1. The van der Waals surface area contributed by atoms with Crippen LogP contribution in [0, 0.1) is 0 Å². The van der Waals surface area contributed by atoms with E-state index in [1.54, 1.807) is 4.90 Å². The van der Waals surface area contributed by atoms with Gasteiger partial charge in [-0.05, 0) is 24.1 Å². The van der Waals surface area contributed by atoms with Crippen molar-refractivity contribution in [2.75, 3.05) is 18.1 Å². The van der Waals surface area contributed by atoms with E-state index in [2.05, 4.69) is 15.9 Å². The molecule has 0 aliphatic carbocycles. The summed E-state index contributed by atoms with van der Waals surface area (Å²) in [5, 5.41) is 8.89. The monoisotopic (exact) mass is 284 g/mol. The van der Waals surface area contributed by atoms with Crippen LogP contribution < -0.4 is 10.6 Å². The lowest BCUT2D eigenvalue weighted by atomic mass is 10.2. The molecule has 1 aromatic rings. The molecular weight excluding hydrogens is 272 g/mol. The molecule has 1 aromatic carbocycles. The highest BCUT2D eigenvalue weighted by atomic mass is 79.9. The molecule has 86 valence electrons. The minimum Gasteiger partial charge on any atom is -0.394 e. The summed E-state index contributed by atoms with van der Waals surface area (Å²) in [6, 6.07) is 4.91. The summed E-state index contributed by atoms with van der Waals surface area (Å²) in [6.07, 6.45) is 0.820. The van der Waals surface area contributed by atoms with Crippen LogP contribution in [0.2, 0.25) is 0 Å². The zero-order valence-corrected chi connectivity index (χ0v) is 10.3. The Morgan fingerprint density at radius 1 is 1.62 bits per heavy atom. The summed E-state index contributed by atoms with van der Waals surface area (Å²) in [6.45, 7) is 0.309. The Morgan fingerprint density at radius 3 is 3.06 bits per heavy atom. The second kappa shape index (κ2) is 4.53. The van der Waals surface area contributed by atoms with Gasteiger partial charge in [-0.1, -0.05) is 22.0 Å². The highest BCUT2D eigenvalue weighted by Crippen LogP contribution is 2.33. The fourth-order valence-electron chi connectivity index (χ4n) is 1.90. The predicted molar refractivity (Wildman–Crippen MR) is 65.3 cm³/mol. The molecule has 1 aliphatic heterocycles. The summed E-state index contributed by atoms with van der Waals surface area (Å²) >= 11 is 3.46. The maximum Gasteiger partial charge on any atom is 0.246 e. The van der Waals surface area contributed by atoms with Gasteiger partial charge in [0.15, 0.2) is 0 Å². The summed E-state index contributed by atoms with van der Waals surface area (Å²) < 4.78 is 1.01. The van der Waals surface area contributed by atoms with Crippen molar-refractivity contribution in [1.29, 1.82) is 0 Å². The lowest BCUT2D eigenvalue weighted by Crippen LogP contribution is -2.45. The van der Waals surface area contributed by atoms with E-state index < -0.39 is 6.04 Å². The molecule has 0 fully saturated rings. The Kier molecular flexibility index (Phi) is 3.28. The molecule has 1 aliphatic rings. The van der Waals surface area contributed by atoms with Gasteiger partial charge >= 0.3 is 0 Å². The number of halogens is 1. The number of hydrogen-bond donors (Lipinski definition) is 2. The molecule has 0 aromatic heterocycles. The number of carbonyl (C=O) groups is 1. The first-order chi connectivity index (χ1) is 7.65. The summed E-state index contributed by atoms with van der Waals surface area (Å²) in [7, 11) is 0. The van der Waals surface area contributed by atoms with Crippen LogP contribution >= 0.6 is 15.9 Å². The topological polar surface area (TPSA) is 66.6 Å². The molecule has 0 radical (unpaired) electrons. The number of carbonyl (C=O) groups excluding carboxylic acids is 1. The first-order valence-corrected chi connectivity index (χ1v) is 5.89.